The summed E-state index contributed by atoms with van der Waals surface area (Å²) >= 11 is 3.36. The second-order valence-corrected chi connectivity index (χ2v) is 5.35. The van der Waals surface area contributed by atoms with Crippen molar-refractivity contribution in [2.24, 2.45) is 0 Å². The predicted molar refractivity (Wildman–Crippen MR) is 84.4 cm³/mol. The van der Waals surface area contributed by atoms with Gasteiger partial charge in [0.2, 0.25) is 5.95 Å². The number of fused-ring (bicyclic) bond motifs is 1. The lowest BCUT2D eigenvalue weighted by Gasteiger charge is -2.09. The van der Waals surface area contributed by atoms with Gasteiger partial charge in [0.25, 0.3) is 0 Å². The van der Waals surface area contributed by atoms with Crippen LogP contribution in [0.25, 0.3) is 16.7 Å². The highest BCUT2D eigenvalue weighted by Gasteiger charge is 2.14. The zero-order valence-electron chi connectivity index (χ0n) is 11.2. The Hall–Kier alpha value is -2.52. The number of anilines is 1. The fourth-order valence-electron chi connectivity index (χ4n) is 2.25. The minimum atomic E-state index is 0.331. The van der Waals surface area contributed by atoms with E-state index < -0.39 is 0 Å². The van der Waals surface area contributed by atoms with Gasteiger partial charge in [0.05, 0.1) is 29.4 Å². The summed E-state index contributed by atoms with van der Waals surface area (Å²) in [5, 5.41) is 9.34. The molecule has 0 aliphatic rings. The van der Waals surface area contributed by atoms with E-state index in [0.29, 0.717) is 22.9 Å². The number of hydrogen-bond acceptors (Lipinski definition) is 4. The Morgan fingerprint density at radius 1 is 1.29 bits per heavy atom. The Balaban J connectivity index is 2.34. The predicted octanol–water partition coefficient (Wildman–Crippen LogP) is 3.25. The molecule has 0 saturated heterocycles. The summed E-state index contributed by atoms with van der Waals surface area (Å²) in [6.45, 7) is 0. The number of hydrogen-bond donors (Lipinski definition) is 1. The molecule has 2 N–H and O–H groups in total. The molecular weight excluding hydrogens is 332 g/mol. The zero-order valence-corrected chi connectivity index (χ0v) is 12.8. The fourth-order valence-corrected chi connectivity index (χ4v) is 2.61. The maximum atomic E-state index is 9.34. The molecule has 0 unspecified atom stereocenters. The van der Waals surface area contributed by atoms with Crippen molar-refractivity contribution in [1.29, 1.82) is 5.26 Å². The summed E-state index contributed by atoms with van der Waals surface area (Å²) in [5.41, 5.74) is 8.78. The maximum absolute atomic E-state index is 9.34. The lowest BCUT2D eigenvalue weighted by atomic mass is 10.2. The number of aromatic nitrogens is 2. The van der Waals surface area contributed by atoms with Gasteiger partial charge >= 0.3 is 0 Å². The highest BCUT2D eigenvalue weighted by atomic mass is 79.9. The van der Waals surface area contributed by atoms with E-state index in [1.54, 1.807) is 17.7 Å². The van der Waals surface area contributed by atoms with Crippen LogP contribution in [0.5, 0.6) is 5.75 Å². The van der Waals surface area contributed by atoms with Crippen LogP contribution in [-0.4, -0.2) is 16.7 Å². The van der Waals surface area contributed by atoms with E-state index in [0.717, 1.165) is 15.5 Å². The lowest BCUT2D eigenvalue weighted by Crippen LogP contribution is -2.03. The molecule has 0 radical (unpaired) electrons. The Bertz CT molecular complexity index is 879. The van der Waals surface area contributed by atoms with Crippen LogP contribution < -0.4 is 10.5 Å². The van der Waals surface area contributed by atoms with Crippen LogP contribution >= 0.6 is 15.9 Å². The molecule has 0 aliphatic heterocycles. The summed E-state index contributed by atoms with van der Waals surface area (Å²) in [6.07, 6.45) is 0. The van der Waals surface area contributed by atoms with Crippen LogP contribution in [0.1, 0.15) is 5.56 Å². The number of methoxy groups -OCH3 is 1. The summed E-state index contributed by atoms with van der Waals surface area (Å²) in [6, 6.07) is 13.1. The minimum Gasteiger partial charge on any atom is -0.497 e. The van der Waals surface area contributed by atoms with Crippen molar-refractivity contribution >= 4 is 32.9 Å². The number of rotatable bonds is 2. The van der Waals surface area contributed by atoms with Crippen LogP contribution in [0, 0.1) is 11.3 Å². The molecule has 0 bridgehead atoms. The molecule has 0 aliphatic carbocycles. The molecule has 5 nitrogen and oxygen atoms in total. The van der Waals surface area contributed by atoms with Gasteiger partial charge in [-0.1, -0.05) is 15.9 Å². The van der Waals surface area contributed by atoms with Gasteiger partial charge in [-0.2, -0.15) is 5.26 Å². The normalized spacial score (nSPS) is 10.5. The smallest absolute Gasteiger partial charge is 0.205 e. The monoisotopic (exact) mass is 342 g/mol. The van der Waals surface area contributed by atoms with Crippen LogP contribution in [0.4, 0.5) is 5.95 Å². The molecule has 1 aromatic heterocycles. The first-order valence-corrected chi connectivity index (χ1v) is 6.95. The third-order valence-electron chi connectivity index (χ3n) is 3.21. The lowest BCUT2D eigenvalue weighted by molar-refractivity contribution is 0.415. The van der Waals surface area contributed by atoms with Crippen LogP contribution in [0.2, 0.25) is 0 Å². The van der Waals surface area contributed by atoms with Crippen molar-refractivity contribution in [3.63, 3.8) is 0 Å². The average molecular weight is 343 g/mol. The molecule has 104 valence electrons. The third kappa shape index (κ3) is 2.22. The van der Waals surface area contributed by atoms with Gasteiger partial charge in [-0.25, -0.2) is 4.98 Å². The number of nitrogens with two attached hydrogens (primary N) is 1. The molecule has 6 heteroatoms. The molecule has 1 heterocycles. The van der Waals surface area contributed by atoms with Crippen molar-refractivity contribution in [1.82, 2.24) is 9.55 Å². The molecule has 0 amide bonds. The highest BCUT2D eigenvalue weighted by Crippen LogP contribution is 2.29. The Kier molecular flexibility index (Phi) is 3.28. The first-order chi connectivity index (χ1) is 10.1. The van der Waals surface area contributed by atoms with Gasteiger partial charge in [-0.15, -0.1) is 0 Å². The van der Waals surface area contributed by atoms with E-state index in [1.807, 2.05) is 30.3 Å². The fraction of sp³-hybridized carbons (Fsp3) is 0.0667. The molecular formula is C15H11BrN4O. The first kappa shape index (κ1) is 13.5. The molecule has 3 aromatic rings. The molecule has 21 heavy (non-hydrogen) atoms. The molecule has 0 spiro atoms. The third-order valence-corrected chi connectivity index (χ3v) is 3.70. The summed E-state index contributed by atoms with van der Waals surface area (Å²) in [4.78, 5) is 4.33. The van der Waals surface area contributed by atoms with Crippen molar-refractivity contribution in [2.45, 2.75) is 0 Å². The number of ether oxygens (including phenoxy) is 1. The zero-order chi connectivity index (χ0) is 15.0. The van der Waals surface area contributed by atoms with E-state index in [4.69, 9.17) is 10.5 Å². The highest BCUT2D eigenvalue weighted by molar-refractivity contribution is 9.10. The van der Waals surface area contributed by atoms with E-state index in [1.165, 1.54) is 0 Å². The minimum absolute atomic E-state index is 0.331. The van der Waals surface area contributed by atoms with Gasteiger partial charge in [0, 0.05) is 10.5 Å². The molecule has 0 saturated carbocycles. The molecule has 3 rings (SSSR count). The number of nitrogens with zero attached hydrogens (tertiary/aromatic N) is 3. The van der Waals surface area contributed by atoms with Gasteiger partial charge in [-0.3, -0.25) is 4.57 Å². The molecule has 0 fully saturated rings. The average Bonchev–Trinajstić information content (AvgIpc) is 2.82. The standard InChI is InChI=1S/C15H11BrN4O/c1-21-11-3-4-12-14(7-11)20(15(18)19-12)13-5-2-10(16)6-9(13)8-17/h2-7H,1H3,(H2,18,19). The van der Waals surface area contributed by atoms with Crippen LogP contribution in [0.15, 0.2) is 40.9 Å². The maximum Gasteiger partial charge on any atom is 0.205 e. The van der Waals surface area contributed by atoms with Crippen LogP contribution in [0.3, 0.4) is 0 Å². The molecule has 2 aromatic carbocycles. The number of benzene rings is 2. The van der Waals surface area contributed by atoms with Crippen LogP contribution in [-0.2, 0) is 0 Å². The Morgan fingerprint density at radius 3 is 2.81 bits per heavy atom. The van der Waals surface area contributed by atoms with Gasteiger partial charge in [0.15, 0.2) is 0 Å². The Morgan fingerprint density at radius 2 is 2.10 bits per heavy atom. The van der Waals surface area contributed by atoms with Gasteiger partial charge < -0.3 is 10.5 Å². The Labute approximate surface area is 129 Å². The van der Waals surface area contributed by atoms with Crippen molar-refractivity contribution in [3.05, 3.63) is 46.4 Å². The number of nitrogen functional groups attached to an aromatic ring is 1. The second kappa shape index (κ2) is 5.11. The van der Waals surface area contributed by atoms with Gasteiger partial charge in [-0.05, 0) is 30.3 Å². The topological polar surface area (TPSA) is 76.9 Å². The summed E-state index contributed by atoms with van der Waals surface area (Å²) < 4.78 is 7.83. The van der Waals surface area contributed by atoms with Gasteiger partial charge in [0.1, 0.15) is 11.8 Å². The summed E-state index contributed by atoms with van der Waals surface area (Å²) in [5.74, 6) is 1.04. The van der Waals surface area contributed by atoms with E-state index >= 15 is 0 Å². The molecule has 0 atom stereocenters. The first-order valence-electron chi connectivity index (χ1n) is 6.16. The summed E-state index contributed by atoms with van der Waals surface area (Å²) in [7, 11) is 1.60. The number of nitriles is 1. The van der Waals surface area contributed by atoms with E-state index in [2.05, 4.69) is 27.0 Å². The van der Waals surface area contributed by atoms with E-state index in [9.17, 15) is 5.26 Å². The number of halogens is 1. The van der Waals surface area contributed by atoms with E-state index in [-0.39, 0.29) is 0 Å². The largest absolute Gasteiger partial charge is 0.497 e. The quantitative estimate of drug-likeness (QED) is 0.775. The SMILES string of the molecule is COc1ccc2nc(N)n(-c3ccc(Br)cc3C#N)c2c1. The van der Waals surface area contributed by atoms with Crippen molar-refractivity contribution in [2.75, 3.05) is 12.8 Å². The van der Waals surface area contributed by atoms with Crippen molar-refractivity contribution in [3.8, 4) is 17.5 Å². The second-order valence-electron chi connectivity index (χ2n) is 4.43. The number of imidazole rings is 1. The van der Waals surface area contributed by atoms with Crippen molar-refractivity contribution < 1.29 is 4.74 Å².